The number of aryl methyl sites for hydroxylation is 1. The predicted molar refractivity (Wildman–Crippen MR) is 108 cm³/mol. The maximum atomic E-state index is 11.3. The number of pyridine rings is 1. The van der Waals surface area contributed by atoms with E-state index in [1.54, 1.807) is 6.92 Å². The summed E-state index contributed by atoms with van der Waals surface area (Å²) in [6.45, 7) is 9.02. The number of carbonyl (C=O) groups is 1. The zero-order valence-corrected chi connectivity index (χ0v) is 18.1. The first-order chi connectivity index (χ1) is 12.6. The van der Waals surface area contributed by atoms with Gasteiger partial charge in [0.05, 0.1) is 6.61 Å². The molecule has 0 N–H and O–H groups in total. The fourth-order valence-electron chi connectivity index (χ4n) is 2.97. The highest BCUT2D eigenvalue weighted by atomic mass is 35.5. The molecule has 0 unspecified atom stereocenters. The van der Waals surface area contributed by atoms with E-state index < -0.39 is 0 Å². The van der Waals surface area contributed by atoms with Crippen LogP contribution in [0.3, 0.4) is 0 Å². The molecule has 0 aliphatic rings. The summed E-state index contributed by atoms with van der Waals surface area (Å²) in [5.74, 6) is -0.308. The Hall–Kier alpha value is -1.35. The first kappa shape index (κ1) is 25.6. The molecule has 0 bridgehead atoms. The summed E-state index contributed by atoms with van der Waals surface area (Å²) in [4.78, 5) is 11.3. The van der Waals surface area contributed by atoms with Crippen LogP contribution in [0.5, 0.6) is 0 Å². The summed E-state index contributed by atoms with van der Waals surface area (Å²) in [6.07, 6.45) is 18.7. The van der Waals surface area contributed by atoms with Crippen molar-refractivity contribution in [1.29, 1.82) is 0 Å². The summed E-state index contributed by atoms with van der Waals surface area (Å²) in [5, 5.41) is 0. The summed E-state index contributed by atoms with van der Waals surface area (Å²) in [7, 11) is 0. The Morgan fingerprint density at radius 2 is 1.48 bits per heavy atom. The molecule has 0 aromatic carbocycles. The summed E-state index contributed by atoms with van der Waals surface area (Å²) in [6, 6.07) is 4.23. The number of rotatable bonds is 15. The lowest BCUT2D eigenvalue weighted by atomic mass is 10.1. The van der Waals surface area contributed by atoms with Gasteiger partial charge in [-0.25, -0.2) is 9.36 Å². The summed E-state index contributed by atoms with van der Waals surface area (Å²) >= 11 is 0. The Balaban J connectivity index is 0.00000676. The minimum absolute atomic E-state index is 0. The van der Waals surface area contributed by atoms with E-state index in [0.717, 1.165) is 13.0 Å². The monoisotopic (exact) mass is 395 g/mol. The molecule has 0 aliphatic carbocycles. The van der Waals surface area contributed by atoms with Gasteiger partial charge in [-0.1, -0.05) is 64.9 Å². The lowest BCUT2D eigenvalue weighted by Gasteiger charge is -2.04. The molecule has 154 valence electrons. The minimum Gasteiger partial charge on any atom is -1.00 e. The van der Waals surface area contributed by atoms with Crippen LogP contribution in [0.1, 0.15) is 83.6 Å². The molecule has 0 spiro atoms. The van der Waals surface area contributed by atoms with Gasteiger partial charge in [-0.05, 0) is 18.9 Å². The van der Waals surface area contributed by atoms with Crippen molar-refractivity contribution >= 4 is 5.97 Å². The average molecular weight is 396 g/mol. The summed E-state index contributed by atoms with van der Waals surface area (Å²) < 4.78 is 7.38. The topological polar surface area (TPSA) is 30.2 Å². The Morgan fingerprint density at radius 1 is 0.963 bits per heavy atom. The largest absolute Gasteiger partial charge is 1.00 e. The number of carbonyl (C=O) groups excluding carboxylic acids is 1. The van der Waals surface area contributed by atoms with Crippen molar-refractivity contribution in [2.45, 2.75) is 91.0 Å². The van der Waals surface area contributed by atoms with Crippen LogP contribution in [0.4, 0.5) is 0 Å². The van der Waals surface area contributed by atoms with Gasteiger partial charge in [-0.2, -0.15) is 0 Å². The van der Waals surface area contributed by atoms with E-state index in [-0.39, 0.29) is 18.4 Å². The predicted octanol–water partition coefficient (Wildman–Crippen LogP) is 2.56. The van der Waals surface area contributed by atoms with Crippen LogP contribution < -0.4 is 17.0 Å². The molecule has 0 radical (unpaired) electrons. The second-order valence-corrected chi connectivity index (χ2v) is 7.29. The number of unbranched alkanes of at least 4 members (excludes halogenated alkanes) is 9. The molecule has 1 aromatic heterocycles. The number of aromatic nitrogens is 1. The zero-order valence-electron chi connectivity index (χ0n) is 17.4. The van der Waals surface area contributed by atoms with Gasteiger partial charge in [0.25, 0.3) is 0 Å². The first-order valence-electron chi connectivity index (χ1n) is 10.4. The minimum atomic E-state index is -0.308. The van der Waals surface area contributed by atoms with E-state index in [0.29, 0.717) is 12.2 Å². The molecule has 27 heavy (non-hydrogen) atoms. The zero-order chi connectivity index (χ0) is 19.0. The molecule has 0 atom stereocenters. The highest BCUT2D eigenvalue weighted by Crippen LogP contribution is 2.10. The van der Waals surface area contributed by atoms with Crippen LogP contribution in [0.25, 0.3) is 0 Å². The van der Waals surface area contributed by atoms with E-state index >= 15 is 0 Å². The molecule has 0 saturated carbocycles. The van der Waals surface area contributed by atoms with Gasteiger partial charge < -0.3 is 17.1 Å². The van der Waals surface area contributed by atoms with Crippen LogP contribution in [0.15, 0.2) is 36.7 Å². The van der Waals surface area contributed by atoms with Crippen LogP contribution in [0.2, 0.25) is 0 Å². The number of hydrogen-bond acceptors (Lipinski definition) is 2. The Kier molecular flexibility index (Phi) is 16.0. The van der Waals surface area contributed by atoms with Crippen molar-refractivity contribution in [3.05, 3.63) is 42.2 Å². The standard InChI is InChI=1S/C23H38NO2.ClH/c1-4-5-6-7-8-9-10-11-12-13-17-24-18-14-22(15-19-24)16-20-26-23(25)21(2)3;/h14-15,18-19H,2,4-13,16-17,20H2,1,3H3;1H/q+1;/p-1. The molecule has 1 aromatic rings. The number of hydrogen-bond donors (Lipinski definition) is 0. The SMILES string of the molecule is C=C(C)C(=O)OCCc1cc[n+](CCCCCCCCCCCC)cc1.[Cl-]. The fourth-order valence-corrected chi connectivity index (χ4v) is 2.97. The third-order valence-corrected chi connectivity index (χ3v) is 4.70. The maximum Gasteiger partial charge on any atom is 0.333 e. The van der Waals surface area contributed by atoms with Gasteiger partial charge in [-0.3, -0.25) is 0 Å². The smallest absolute Gasteiger partial charge is 0.333 e. The van der Waals surface area contributed by atoms with Gasteiger partial charge in [-0.15, -0.1) is 0 Å². The van der Waals surface area contributed by atoms with Crippen molar-refractivity contribution in [2.24, 2.45) is 0 Å². The third kappa shape index (κ3) is 13.5. The van der Waals surface area contributed by atoms with Gasteiger partial charge in [0.15, 0.2) is 12.4 Å². The van der Waals surface area contributed by atoms with Crippen LogP contribution in [0, 0.1) is 0 Å². The number of nitrogens with zero attached hydrogens (tertiary/aromatic N) is 1. The first-order valence-corrected chi connectivity index (χ1v) is 10.4. The van der Waals surface area contributed by atoms with Gasteiger partial charge in [0.2, 0.25) is 0 Å². The van der Waals surface area contributed by atoms with E-state index in [4.69, 9.17) is 4.74 Å². The van der Waals surface area contributed by atoms with Crippen LogP contribution in [-0.2, 0) is 22.5 Å². The molecule has 0 fully saturated rings. The summed E-state index contributed by atoms with van der Waals surface area (Å²) in [5.41, 5.74) is 1.64. The molecular weight excluding hydrogens is 358 g/mol. The molecule has 0 saturated heterocycles. The lowest BCUT2D eigenvalue weighted by Crippen LogP contribution is -3.00. The molecule has 0 amide bonds. The Labute approximate surface area is 172 Å². The van der Waals surface area contributed by atoms with Crippen LogP contribution >= 0.6 is 0 Å². The maximum absolute atomic E-state index is 11.3. The highest BCUT2D eigenvalue weighted by molar-refractivity contribution is 5.86. The van der Waals surface area contributed by atoms with E-state index in [1.165, 1.54) is 69.8 Å². The van der Waals surface area contributed by atoms with E-state index in [9.17, 15) is 4.79 Å². The Morgan fingerprint density at radius 3 is 2.00 bits per heavy atom. The fraction of sp³-hybridized carbons (Fsp3) is 0.652. The van der Waals surface area contributed by atoms with Crippen molar-refractivity contribution in [3.63, 3.8) is 0 Å². The normalized spacial score (nSPS) is 10.3. The third-order valence-electron chi connectivity index (χ3n) is 4.70. The second-order valence-electron chi connectivity index (χ2n) is 7.29. The van der Waals surface area contributed by atoms with Crippen LogP contribution in [-0.4, -0.2) is 12.6 Å². The molecule has 1 rings (SSSR count). The quantitative estimate of drug-likeness (QED) is 0.198. The van der Waals surface area contributed by atoms with Crippen molar-refractivity contribution < 1.29 is 26.5 Å². The molecule has 1 heterocycles. The van der Waals surface area contributed by atoms with Gasteiger partial charge >= 0.3 is 5.97 Å². The molecule has 0 aliphatic heterocycles. The number of ether oxygens (including phenoxy) is 1. The Bertz CT molecular complexity index is 514. The highest BCUT2D eigenvalue weighted by Gasteiger charge is 2.04. The van der Waals surface area contributed by atoms with Crippen molar-refractivity contribution in [2.75, 3.05) is 6.61 Å². The van der Waals surface area contributed by atoms with Crippen molar-refractivity contribution in [3.8, 4) is 0 Å². The van der Waals surface area contributed by atoms with E-state index in [1.807, 2.05) is 0 Å². The molecule has 4 heteroatoms. The van der Waals surface area contributed by atoms with Gasteiger partial charge in [0.1, 0.15) is 6.54 Å². The average Bonchev–Trinajstić information content (AvgIpc) is 2.64. The van der Waals surface area contributed by atoms with E-state index in [2.05, 4.69) is 42.6 Å². The van der Waals surface area contributed by atoms with Crippen molar-refractivity contribution in [1.82, 2.24) is 0 Å². The lowest BCUT2D eigenvalue weighted by molar-refractivity contribution is -0.697. The molecular formula is C23H38ClNO2. The number of esters is 1. The number of halogens is 1. The molecule has 3 nitrogen and oxygen atoms in total. The van der Waals surface area contributed by atoms with Gasteiger partial charge in [0, 0.05) is 30.5 Å². The second kappa shape index (κ2) is 16.8.